The summed E-state index contributed by atoms with van der Waals surface area (Å²) < 4.78 is 26.5. The first-order valence-corrected chi connectivity index (χ1v) is 7.00. The van der Waals surface area contributed by atoms with E-state index in [1.807, 2.05) is 6.92 Å². The fraction of sp³-hybridized carbons (Fsp3) is 0.600. The highest BCUT2D eigenvalue weighted by molar-refractivity contribution is 5.21. The number of rotatable bonds is 5. The van der Waals surface area contributed by atoms with E-state index in [2.05, 4.69) is 17.1 Å². The predicted octanol–water partition coefficient (Wildman–Crippen LogP) is 3.10. The minimum Gasteiger partial charge on any atom is -0.309 e. The van der Waals surface area contributed by atoms with Crippen molar-refractivity contribution in [1.82, 2.24) is 10.2 Å². The van der Waals surface area contributed by atoms with Crippen molar-refractivity contribution in [1.29, 1.82) is 0 Å². The largest absolute Gasteiger partial charge is 0.309 e. The second-order valence-corrected chi connectivity index (χ2v) is 5.39. The zero-order valence-corrected chi connectivity index (χ0v) is 11.6. The third-order valence-corrected chi connectivity index (χ3v) is 3.91. The Kier molecular flexibility index (Phi) is 4.88. The fourth-order valence-corrected chi connectivity index (χ4v) is 2.62. The van der Waals surface area contributed by atoms with E-state index in [0.717, 1.165) is 25.7 Å². The first-order valence-electron chi connectivity index (χ1n) is 7.00. The molecule has 1 aromatic rings. The van der Waals surface area contributed by atoms with Crippen molar-refractivity contribution < 1.29 is 8.78 Å². The number of nitrogens with zero attached hydrogens (tertiary/aromatic N) is 1. The van der Waals surface area contributed by atoms with Gasteiger partial charge in [-0.1, -0.05) is 6.07 Å². The Bertz CT molecular complexity index is 417. The summed E-state index contributed by atoms with van der Waals surface area (Å²) in [6, 6.07) is 4.11. The van der Waals surface area contributed by atoms with Gasteiger partial charge in [-0.25, -0.2) is 8.78 Å². The van der Waals surface area contributed by atoms with Crippen LogP contribution < -0.4 is 5.32 Å². The summed E-state index contributed by atoms with van der Waals surface area (Å²) in [5.41, 5.74) is 0.523. The molecule has 2 nitrogen and oxygen atoms in total. The quantitative estimate of drug-likeness (QED) is 0.882. The smallest absolute Gasteiger partial charge is 0.130 e. The molecule has 1 aliphatic rings. The Balaban J connectivity index is 1.88. The maximum atomic E-state index is 13.6. The van der Waals surface area contributed by atoms with E-state index in [9.17, 15) is 8.78 Å². The molecule has 0 amide bonds. The second kappa shape index (κ2) is 6.44. The summed E-state index contributed by atoms with van der Waals surface area (Å²) in [5, 5.41) is 3.33. The van der Waals surface area contributed by atoms with Gasteiger partial charge < -0.3 is 5.32 Å². The molecule has 106 valence electrons. The van der Waals surface area contributed by atoms with Crippen molar-refractivity contribution in [2.45, 2.75) is 38.8 Å². The Labute approximate surface area is 113 Å². The van der Waals surface area contributed by atoms with Gasteiger partial charge in [0.1, 0.15) is 11.6 Å². The van der Waals surface area contributed by atoms with Gasteiger partial charge in [-0.05, 0) is 45.8 Å². The Morgan fingerprint density at radius 2 is 1.89 bits per heavy atom. The van der Waals surface area contributed by atoms with Gasteiger partial charge in [-0.15, -0.1) is 0 Å². The van der Waals surface area contributed by atoms with E-state index >= 15 is 0 Å². The lowest BCUT2D eigenvalue weighted by Gasteiger charge is -2.26. The zero-order chi connectivity index (χ0) is 13.8. The topological polar surface area (TPSA) is 15.3 Å². The van der Waals surface area contributed by atoms with E-state index in [1.54, 1.807) is 0 Å². The van der Waals surface area contributed by atoms with Crippen LogP contribution in [0.1, 0.15) is 38.3 Å². The van der Waals surface area contributed by atoms with Crippen molar-refractivity contribution in [3.63, 3.8) is 0 Å². The van der Waals surface area contributed by atoms with Crippen molar-refractivity contribution in [2.75, 3.05) is 19.6 Å². The van der Waals surface area contributed by atoms with Gasteiger partial charge in [-0.2, -0.15) is 0 Å². The molecule has 1 saturated heterocycles. The van der Waals surface area contributed by atoms with E-state index in [1.165, 1.54) is 25.0 Å². The molecule has 2 atom stereocenters. The SMILES string of the molecule is CC(NCC(C)N1CCCC1)c1ccc(F)cc1F. The van der Waals surface area contributed by atoms with Crippen LogP contribution in [0.15, 0.2) is 18.2 Å². The van der Waals surface area contributed by atoms with Gasteiger partial charge in [0.15, 0.2) is 0 Å². The van der Waals surface area contributed by atoms with Crippen LogP contribution in [0.5, 0.6) is 0 Å². The minimum atomic E-state index is -0.529. The summed E-state index contributed by atoms with van der Waals surface area (Å²) >= 11 is 0. The maximum Gasteiger partial charge on any atom is 0.130 e. The highest BCUT2D eigenvalue weighted by atomic mass is 19.1. The van der Waals surface area contributed by atoms with Gasteiger partial charge in [0.25, 0.3) is 0 Å². The van der Waals surface area contributed by atoms with Crippen molar-refractivity contribution in [3.05, 3.63) is 35.4 Å². The molecular formula is C15H22F2N2. The highest BCUT2D eigenvalue weighted by Crippen LogP contribution is 2.18. The molecule has 4 heteroatoms. The van der Waals surface area contributed by atoms with Crippen LogP contribution in [0, 0.1) is 11.6 Å². The molecule has 1 aliphatic heterocycles. The standard InChI is InChI=1S/C15H22F2N2/c1-11(19-7-3-4-8-19)10-18-12(2)14-6-5-13(16)9-15(14)17/h5-6,9,11-12,18H,3-4,7-8,10H2,1-2H3. The number of benzene rings is 1. The van der Waals surface area contributed by atoms with E-state index < -0.39 is 11.6 Å². The molecule has 0 spiro atoms. The predicted molar refractivity (Wildman–Crippen MR) is 73.0 cm³/mol. The third kappa shape index (κ3) is 3.74. The normalized spacial score (nSPS) is 19.6. The van der Waals surface area contributed by atoms with Crippen molar-refractivity contribution >= 4 is 0 Å². The van der Waals surface area contributed by atoms with Crippen LogP contribution in [0.2, 0.25) is 0 Å². The third-order valence-electron chi connectivity index (χ3n) is 3.91. The first-order chi connectivity index (χ1) is 9.08. The molecule has 0 saturated carbocycles. The molecule has 2 rings (SSSR count). The Hall–Kier alpha value is -1.00. The van der Waals surface area contributed by atoms with Crippen LogP contribution in [0.4, 0.5) is 8.78 Å². The monoisotopic (exact) mass is 268 g/mol. The molecule has 1 N–H and O–H groups in total. The van der Waals surface area contributed by atoms with Crippen LogP contribution in [0.25, 0.3) is 0 Å². The number of nitrogens with one attached hydrogen (secondary N) is 1. The van der Waals surface area contributed by atoms with Crippen LogP contribution in [-0.4, -0.2) is 30.6 Å². The molecule has 0 aliphatic carbocycles. The van der Waals surface area contributed by atoms with Crippen LogP contribution in [-0.2, 0) is 0 Å². The van der Waals surface area contributed by atoms with Gasteiger partial charge >= 0.3 is 0 Å². The van der Waals surface area contributed by atoms with Crippen LogP contribution in [0.3, 0.4) is 0 Å². The molecule has 19 heavy (non-hydrogen) atoms. The lowest BCUT2D eigenvalue weighted by atomic mass is 10.1. The summed E-state index contributed by atoms with van der Waals surface area (Å²) in [4.78, 5) is 2.45. The average molecular weight is 268 g/mol. The van der Waals surface area contributed by atoms with Gasteiger partial charge in [0.05, 0.1) is 0 Å². The molecule has 0 bridgehead atoms. The lowest BCUT2D eigenvalue weighted by Crippen LogP contribution is -2.39. The van der Waals surface area contributed by atoms with Gasteiger partial charge in [-0.3, -0.25) is 4.90 Å². The summed E-state index contributed by atoms with van der Waals surface area (Å²) in [7, 11) is 0. The fourth-order valence-electron chi connectivity index (χ4n) is 2.62. The van der Waals surface area contributed by atoms with E-state index in [4.69, 9.17) is 0 Å². The van der Waals surface area contributed by atoms with Crippen molar-refractivity contribution in [3.8, 4) is 0 Å². The number of hydrogen-bond acceptors (Lipinski definition) is 2. The average Bonchev–Trinajstić information content (AvgIpc) is 2.89. The van der Waals surface area contributed by atoms with Gasteiger partial charge in [0.2, 0.25) is 0 Å². The number of hydrogen-bond donors (Lipinski definition) is 1. The molecule has 1 heterocycles. The lowest BCUT2D eigenvalue weighted by molar-refractivity contribution is 0.246. The van der Waals surface area contributed by atoms with Crippen molar-refractivity contribution in [2.24, 2.45) is 0 Å². The molecule has 0 radical (unpaired) electrons. The molecule has 1 fully saturated rings. The van der Waals surface area contributed by atoms with E-state index in [-0.39, 0.29) is 6.04 Å². The number of likely N-dealkylation sites (tertiary alicyclic amines) is 1. The summed E-state index contributed by atoms with van der Waals surface area (Å²) in [5.74, 6) is -1.01. The zero-order valence-electron chi connectivity index (χ0n) is 11.6. The maximum absolute atomic E-state index is 13.6. The Morgan fingerprint density at radius 1 is 1.21 bits per heavy atom. The molecular weight excluding hydrogens is 246 g/mol. The minimum absolute atomic E-state index is 0.106. The summed E-state index contributed by atoms with van der Waals surface area (Å²) in [6.07, 6.45) is 2.54. The Morgan fingerprint density at radius 3 is 2.53 bits per heavy atom. The first kappa shape index (κ1) is 14.4. The van der Waals surface area contributed by atoms with Crippen LogP contribution >= 0.6 is 0 Å². The summed E-state index contributed by atoms with van der Waals surface area (Å²) in [6.45, 7) is 7.22. The van der Waals surface area contributed by atoms with Gasteiger partial charge in [0, 0.05) is 30.3 Å². The molecule has 1 aromatic carbocycles. The molecule has 2 unspecified atom stereocenters. The van der Waals surface area contributed by atoms with E-state index in [0.29, 0.717) is 11.6 Å². The second-order valence-electron chi connectivity index (χ2n) is 5.39. The highest BCUT2D eigenvalue weighted by Gasteiger charge is 2.19. The number of halogens is 2. The molecule has 0 aromatic heterocycles.